The van der Waals surface area contributed by atoms with Gasteiger partial charge in [-0.3, -0.25) is 24.3 Å². The highest BCUT2D eigenvalue weighted by Gasteiger charge is 2.26. The molecule has 2 aromatic rings. The van der Waals surface area contributed by atoms with Crippen LogP contribution in [-0.4, -0.2) is 48.2 Å². The number of thioether (sulfide) groups is 1. The van der Waals surface area contributed by atoms with Crippen LogP contribution >= 0.6 is 11.8 Å². The van der Waals surface area contributed by atoms with Crippen molar-refractivity contribution >= 4 is 35.2 Å². The monoisotopic (exact) mass is 371 g/mol. The molecule has 0 saturated heterocycles. The van der Waals surface area contributed by atoms with Gasteiger partial charge in [0.2, 0.25) is 5.91 Å². The zero-order chi connectivity index (χ0) is 18.4. The average Bonchev–Trinajstić information content (AvgIpc) is 2.68. The number of para-hydroxylation sites is 1. The Hall–Kier alpha value is -2.87. The molecule has 0 radical (unpaired) electrons. The summed E-state index contributed by atoms with van der Waals surface area (Å²) in [5, 5.41) is 2.65. The van der Waals surface area contributed by atoms with Gasteiger partial charge in [-0.1, -0.05) is 12.1 Å². The molecule has 1 aromatic carbocycles. The van der Waals surface area contributed by atoms with E-state index in [1.165, 1.54) is 29.1 Å². The maximum Gasteiger partial charge on any atom is 0.326 e. The van der Waals surface area contributed by atoms with Gasteiger partial charge in [0.1, 0.15) is 13.2 Å². The van der Waals surface area contributed by atoms with Crippen LogP contribution in [0.4, 0.5) is 5.69 Å². The third-order valence-electron chi connectivity index (χ3n) is 3.69. The van der Waals surface area contributed by atoms with E-state index in [2.05, 4.69) is 10.3 Å². The van der Waals surface area contributed by atoms with Crippen molar-refractivity contribution in [2.24, 2.45) is 0 Å². The molecule has 0 aliphatic carbocycles. The fraction of sp³-hybridized carbons (Fsp3) is 0.222. The van der Waals surface area contributed by atoms with Crippen LogP contribution in [0.1, 0.15) is 10.4 Å². The van der Waals surface area contributed by atoms with E-state index in [0.717, 1.165) is 10.6 Å². The van der Waals surface area contributed by atoms with Gasteiger partial charge in [-0.05, 0) is 24.3 Å². The summed E-state index contributed by atoms with van der Waals surface area (Å²) in [4.78, 5) is 42.2. The first-order chi connectivity index (χ1) is 12.6. The average molecular weight is 371 g/mol. The van der Waals surface area contributed by atoms with Crippen molar-refractivity contribution in [1.82, 2.24) is 10.3 Å². The number of carbonyl (C=O) groups is 3. The largest absolute Gasteiger partial charge is 0.462 e. The van der Waals surface area contributed by atoms with E-state index in [1.54, 1.807) is 12.1 Å². The molecule has 1 N–H and O–H groups in total. The van der Waals surface area contributed by atoms with Crippen molar-refractivity contribution in [3.05, 3.63) is 54.4 Å². The predicted molar refractivity (Wildman–Crippen MR) is 97.0 cm³/mol. The summed E-state index contributed by atoms with van der Waals surface area (Å²) in [6, 6.07) is 10.6. The SMILES string of the molecule is O=C(CN1C(=O)CSc2ccccc21)OCCNC(=O)c1ccncc1. The molecule has 134 valence electrons. The molecule has 0 fully saturated rings. The Labute approximate surface area is 154 Å². The zero-order valence-corrected chi connectivity index (χ0v) is 14.7. The normalized spacial score (nSPS) is 13.1. The molecule has 7 nitrogen and oxygen atoms in total. The summed E-state index contributed by atoms with van der Waals surface area (Å²) in [5.74, 6) is -0.609. The van der Waals surface area contributed by atoms with Crippen molar-refractivity contribution in [2.75, 3.05) is 30.3 Å². The standard InChI is InChI=1S/C18H17N3O4S/c22-16-12-26-15-4-2-1-3-14(15)21(16)11-17(23)25-10-9-20-18(24)13-5-7-19-8-6-13/h1-8H,9-12H2,(H,20,24). The van der Waals surface area contributed by atoms with Crippen molar-refractivity contribution in [1.29, 1.82) is 0 Å². The number of hydrogen-bond donors (Lipinski definition) is 1. The number of ether oxygens (including phenoxy) is 1. The van der Waals surface area contributed by atoms with Gasteiger partial charge in [0.15, 0.2) is 0 Å². The maximum absolute atomic E-state index is 12.1. The number of pyridine rings is 1. The summed E-state index contributed by atoms with van der Waals surface area (Å²) in [6.07, 6.45) is 3.06. The van der Waals surface area contributed by atoms with E-state index in [9.17, 15) is 14.4 Å². The third kappa shape index (κ3) is 4.40. The summed E-state index contributed by atoms with van der Waals surface area (Å²) < 4.78 is 5.13. The number of esters is 1. The molecule has 0 atom stereocenters. The Kier molecular flexibility index (Phi) is 5.85. The Morgan fingerprint density at radius 1 is 1.19 bits per heavy atom. The second-order valence-corrected chi connectivity index (χ2v) is 6.47. The molecule has 0 unspecified atom stereocenters. The minimum Gasteiger partial charge on any atom is -0.462 e. The van der Waals surface area contributed by atoms with Crippen LogP contribution in [0.15, 0.2) is 53.7 Å². The van der Waals surface area contributed by atoms with Crippen LogP contribution in [0.25, 0.3) is 0 Å². The van der Waals surface area contributed by atoms with Gasteiger partial charge in [-0.25, -0.2) is 0 Å². The highest BCUT2D eigenvalue weighted by atomic mass is 32.2. The number of carbonyl (C=O) groups excluding carboxylic acids is 3. The van der Waals surface area contributed by atoms with Crippen LogP contribution in [0.3, 0.4) is 0 Å². The van der Waals surface area contributed by atoms with E-state index < -0.39 is 5.97 Å². The number of nitrogens with zero attached hydrogens (tertiary/aromatic N) is 2. The van der Waals surface area contributed by atoms with Crippen molar-refractivity contribution < 1.29 is 19.1 Å². The second kappa shape index (κ2) is 8.48. The van der Waals surface area contributed by atoms with E-state index in [1.807, 2.05) is 24.3 Å². The lowest BCUT2D eigenvalue weighted by Gasteiger charge is -2.27. The summed E-state index contributed by atoms with van der Waals surface area (Å²) in [5.41, 5.74) is 1.20. The van der Waals surface area contributed by atoms with Gasteiger partial charge < -0.3 is 10.1 Å². The zero-order valence-electron chi connectivity index (χ0n) is 13.9. The van der Waals surface area contributed by atoms with Crippen LogP contribution in [0, 0.1) is 0 Å². The predicted octanol–water partition coefficient (Wildman–Crippen LogP) is 1.49. The molecule has 1 aliphatic rings. The molecule has 0 saturated carbocycles. The quantitative estimate of drug-likeness (QED) is 0.611. The number of nitrogens with one attached hydrogen (secondary N) is 1. The third-order valence-corrected chi connectivity index (χ3v) is 4.74. The second-order valence-electron chi connectivity index (χ2n) is 5.45. The molecule has 2 amide bonds. The van der Waals surface area contributed by atoms with Gasteiger partial charge >= 0.3 is 5.97 Å². The maximum atomic E-state index is 12.1. The van der Waals surface area contributed by atoms with Crippen molar-refractivity contribution in [3.8, 4) is 0 Å². The lowest BCUT2D eigenvalue weighted by Crippen LogP contribution is -2.40. The van der Waals surface area contributed by atoms with Gasteiger partial charge in [0.05, 0.1) is 18.0 Å². The van der Waals surface area contributed by atoms with Crippen LogP contribution < -0.4 is 10.2 Å². The highest BCUT2D eigenvalue weighted by Crippen LogP contribution is 2.34. The Morgan fingerprint density at radius 2 is 1.96 bits per heavy atom. The molecule has 0 bridgehead atoms. The van der Waals surface area contributed by atoms with Crippen LogP contribution in [0.2, 0.25) is 0 Å². The minimum absolute atomic E-state index is 0.0358. The fourth-order valence-corrected chi connectivity index (χ4v) is 3.37. The molecule has 3 rings (SSSR count). The number of fused-ring (bicyclic) bond motifs is 1. The summed E-state index contributed by atoms with van der Waals surface area (Å²) in [6.45, 7) is 0.0794. The lowest BCUT2D eigenvalue weighted by molar-refractivity contribution is -0.142. The van der Waals surface area contributed by atoms with E-state index in [4.69, 9.17) is 4.74 Å². The summed E-state index contributed by atoms with van der Waals surface area (Å²) >= 11 is 1.45. The first-order valence-electron chi connectivity index (χ1n) is 8.01. The number of benzene rings is 1. The molecule has 8 heteroatoms. The van der Waals surface area contributed by atoms with Crippen LogP contribution in [0.5, 0.6) is 0 Å². The van der Waals surface area contributed by atoms with E-state index >= 15 is 0 Å². The van der Waals surface area contributed by atoms with E-state index in [0.29, 0.717) is 11.3 Å². The van der Waals surface area contributed by atoms with Crippen molar-refractivity contribution in [2.45, 2.75) is 4.90 Å². The van der Waals surface area contributed by atoms with Gasteiger partial charge in [-0.2, -0.15) is 0 Å². The molecular formula is C18H17N3O4S. The van der Waals surface area contributed by atoms with Crippen molar-refractivity contribution in [3.63, 3.8) is 0 Å². The van der Waals surface area contributed by atoms with Crippen LogP contribution in [-0.2, 0) is 14.3 Å². The molecule has 26 heavy (non-hydrogen) atoms. The Bertz CT molecular complexity index is 813. The molecule has 1 aromatic heterocycles. The molecule has 0 spiro atoms. The van der Waals surface area contributed by atoms with Gasteiger partial charge in [0.25, 0.3) is 5.91 Å². The van der Waals surface area contributed by atoms with Gasteiger partial charge in [-0.15, -0.1) is 11.8 Å². The number of amides is 2. The summed E-state index contributed by atoms with van der Waals surface area (Å²) in [7, 11) is 0. The fourth-order valence-electron chi connectivity index (χ4n) is 2.44. The molecule has 1 aliphatic heterocycles. The smallest absolute Gasteiger partial charge is 0.326 e. The minimum atomic E-state index is -0.516. The Morgan fingerprint density at radius 3 is 2.77 bits per heavy atom. The lowest BCUT2D eigenvalue weighted by atomic mass is 10.2. The Balaban J connectivity index is 1.46. The highest BCUT2D eigenvalue weighted by molar-refractivity contribution is 8.00. The number of anilines is 1. The molecule has 2 heterocycles. The molecular weight excluding hydrogens is 354 g/mol. The number of hydrogen-bond acceptors (Lipinski definition) is 6. The first-order valence-corrected chi connectivity index (χ1v) is 9.00. The van der Waals surface area contributed by atoms with E-state index in [-0.39, 0.29) is 31.5 Å². The first kappa shape index (κ1) is 17.9. The number of aromatic nitrogens is 1. The van der Waals surface area contributed by atoms with Gasteiger partial charge in [0, 0.05) is 22.9 Å². The topological polar surface area (TPSA) is 88.6 Å². The number of rotatable bonds is 6.